The summed E-state index contributed by atoms with van der Waals surface area (Å²) in [5.74, 6) is -1.03. The summed E-state index contributed by atoms with van der Waals surface area (Å²) in [6, 6.07) is 2.95. The normalized spacial score (nSPS) is 19.2. The van der Waals surface area contributed by atoms with Crippen molar-refractivity contribution in [3.63, 3.8) is 0 Å². The topological polar surface area (TPSA) is 99.6 Å². The third-order valence-electron chi connectivity index (χ3n) is 5.33. The molecule has 1 aromatic heterocycles. The Balaban J connectivity index is 1.51. The van der Waals surface area contributed by atoms with Crippen molar-refractivity contribution in [1.82, 2.24) is 15.2 Å². The summed E-state index contributed by atoms with van der Waals surface area (Å²) < 4.78 is 0. The third kappa shape index (κ3) is 4.39. The Kier molecular flexibility index (Phi) is 5.85. The Labute approximate surface area is 152 Å². The van der Waals surface area contributed by atoms with Gasteiger partial charge in [-0.15, -0.1) is 0 Å². The Bertz CT molecular complexity index is 677. The number of likely N-dealkylation sites (tertiary alicyclic amines) is 1. The fraction of sp³-hybridized carbons (Fsp3) is 0.579. The largest absolute Gasteiger partial charge is 0.477 e. The molecule has 0 radical (unpaired) electrons. The Hall–Kier alpha value is -2.44. The average molecular weight is 359 g/mol. The monoisotopic (exact) mass is 359 g/mol. The second kappa shape index (κ2) is 8.29. The highest BCUT2D eigenvalue weighted by atomic mass is 16.4. The van der Waals surface area contributed by atoms with Crippen molar-refractivity contribution in [3.05, 3.63) is 29.6 Å². The highest BCUT2D eigenvalue weighted by Crippen LogP contribution is 2.24. The van der Waals surface area contributed by atoms with Gasteiger partial charge in [0, 0.05) is 36.8 Å². The number of aromatic nitrogens is 1. The van der Waals surface area contributed by atoms with Crippen LogP contribution in [0, 0.1) is 5.92 Å². The zero-order chi connectivity index (χ0) is 18.5. The van der Waals surface area contributed by atoms with E-state index in [1.165, 1.54) is 24.8 Å². The number of pyridine rings is 1. The molecule has 2 fully saturated rings. The van der Waals surface area contributed by atoms with Crippen LogP contribution in [0.3, 0.4) is 0 Å². The van der Waals surface area contributed by atoms with Crippen LogP contribution in [0.4, 0.5) is 0 Å². The molecule has 2 aliphatic rings. The van der Waals surface area contributed by atoms with E-state index in [0.717, 1.165) is 38.5 Å². The molecule has 1 saturated heterocycles. The van der Waals surface area contributed by atoms with Crippen LogP contribution in [-0.4, -0.2) is 51.9 Å². The summed E-state index contributed by atoms with van der Waals surface area (Å²) in [6.45, 7) is 1.11. The van der Waals surface area contributed by atoms with Gasteiger partial charge in [-0.05, 0) is 37.8 Å². The van der Waals surface area contributed by atoms with Crippen LogP contribution >= 0.6 is 0 Å². The van der Waals surface area contributed by atoms with Gasteiger partial charge in [0.25, 0.3) is 5.91 Å². The Morgan fingerprint density at radius 1 is 1.08 bits per heavy atom. The molecule has 1 saturated carbocycles. The van der Waals surface area contributed by atoms with Crippen molar-refractivity contribution in [3.8, 4) is 0 Å². The molecule has 1 aliphatic carbocycles. The number of carboxylic acid groups (broad SMARTS) is 1. The molecule has 0 spiro atoms. The fourth-order valence-corrected chi connectivity index (χ4v) is 3.77. The molecule has 0 atom stereocenters. The SMILES string of the molecule is O=C(O)c1cc(C(=O)N2CCC(NC(=O)C3CCCCC3)CC2)ccn1. The second-order valence-corrected chi connectivity index (χ2v) is 7.14. The van der Waals surface area contributed by atoms with E-state index >= 15 is 0 Å². The molecule has 2 amide bonds. The van der Waals surface area contributed by atoms with Gasteiger partial charge in [-0.3, -0.25) is 9.59 Å². The number of carboxylic acids is 1. The molecule has 3 rings (SSSR count). The molecule has 1 aromatic rings. The molecule has 7 nitrogen and oxygen atoms in total. The average Bonchev–Trinajstić information content (AvgIpc) is 2.68. The Morgan fingerprint density at radius 2 is 1.77 bits per heavy atom. The number of aromatic carboxylic acids is 1. The predicted molar refractivity (Wildman–Crippen MR) is 94.8 cm³/mol. The molecule has 0 unspecified atom stereocenters. The zero-order valence-electron chi connectivity index (χ0n) is 14.8. The lowest BCUT2D eigenvalue weighted by molar-refractivity contribution is -0.126. The maximum atomic E-state index is 12.6. The van der Waals surface area contributed by atoms with E-state index in [0.29, 0.717) is 18.7 Å². The van der Waals surface area contributed by atoms with E-state index in [1.54, 1.807) is 4.90 Å². The quantitative estimate of drug-likeness (QED) is 0.857. The van der Waals surface area contributed by atoms with Crippen molar-refractivity contribution < 1.29 is 19.5 Å². The van der Waals surface area contributed by atoms with Gasteiger partial charge in [0.1, 0.15) is 5.69 Å². The highest BCUT2D eigenvalue weighted by molar-refractivity contribution is 5.96. The van der Waals surface area contributed by atoms with Crippen LogP contribution in [-0.2, 0) is 4.79 Å². The molecule has 140 valence electrons. The van der Waals surface area contributed by atoms with Crippen LogP contribution in [0.5, 0.6) is 0 Å². The van der Waals surface area contributed by atoms with Crippen molar-refractivity contribution in [2.24, 2.45) is 5.92 Å². The number of amides is 2. The van der Waals surface area contributed by atoms with E-state index in [4.69, 9.17) is 5.11 Å². The van der Waals surface area contributed by atoms with Gasteiger partial charge < -0.3 is 15.3 Å². The summed E-state index contributed by atoms with van der Waals surface area (Å²) in [6.07, 6.45) is 8.25. The van der Waals surface area contributed by atoms with E-state index in [1.807, 2.05) is 0 Å². The molecule has 2 N–H and O–H groups in total. The number of piperidine rings is 1. The second-order valence-electron chi connectivity index (χ2n) is 7.14. The minimum atomic E-state index is -1.15. The van der Waals surface area contributed by atoms with Crippen molar-refractivity contribution in [1.29, 1.82) is 0 Å². The van der Waals surface area contributed by atoms with Gasteiger partial charge in [-0.2, -0.15) is 0 Å². The lowest BCUT2D eigenvalue weighted by Crippen LogP contribution is -2.48. The van der Waals surface area contributed by atoms with E-state index < -0.39 is 5.97 Å². The molecular formula is C19H25N3O4. The summed E-state index contributed by atoms with van der Waals surface area (Å²) in [5, 5.41) is 12.1. The summed E-state index contributed by atoms with van der Waals surface area (Å²) >= 11 is 0. The van der Waals surface area contributed by atoms with E-state index in [9.17, 15) is 14.4 Å². The van der Waals surface area contributed by atoms with Gasteiger partial charge in [-0.1, -0.05) is 19.3 Å². The number of hydrogen-bond acceptors (Lipinski definition) is 4. The summed E-state index contributed by atoms with van der Waals surface area (Å²) in [4.78, 5) is 41.4. The lowest BCUT2D eigenvalue weighted by Gasteiger charge is -2.33. The first-order valence-corrected chi connectivity index (χ1v) is 9.33. The van der Waals surface area contributed by atoms with Crippen molar-refractivity contribution >= 4 is 17.8 Å². The maximum Gasteiger partial charge on any atom is 0.354 e. The molecule has 26 heavy (non-hydrogen) atoms. The molecule has 2 heterocycles. The highest BCUT2D eigenvalue weighted by Gasteiger charge is 2.28. The van der Waals surface area contributed by atoms with Gasteiger partial charge in [0.05, 0.1) is 0 Å². The number of carbonyl (C=O) groups excluding carboxylic acids is 2. The summed E-state index contributed by atoms with van der Waals surface area (Å²) in [5.41, 5.74) is 0.201. The first-order chi connectivity index (χ1) is 12.5. The molecule has 7 heteroatoms. The molecule has 1 aliphatic heterocycles. The number of nitrogens with one attached hydrogen (secondary N) is 1. The standard InChI is InChI=1S/C19H25N3O4/c23-17(13-4-2-1-3-5-13)21-15-7-10-22(11-8-15)18(24)14-6-9-20-16(12-14)19(25)26/h6,9,12-13,15H,1-5,7-8,10-11H2,(H,21,23)(H,25,26). The summed E-state index contributed by atoms with van der Waals surface area (Å²) in [7, 11) is 0. The smallest absolute Gasteiger partial charge is 0.354 e. The maximum absolute atomic E-state index is 12.6. The van der Waals surface area contributed by atoms with Crippen molar-refractivity contribution in [2.75, 3.05) is 13.1 Å². The molecule has 0 aromatic carbocycles. The van der Waals surface area contributed by atoms with Crippen LogP contribution in [0.25, 0.3) is 0 Å². The predicted octanol–water partition coefficient (Wildman–Crippen LogP) is 2.08. The van der Waals surface area contributed by atoms with Gasteiger partial charge >= 0.3 is 5.97 Å². The fourth-order valence-electron chi connectivity index (χ4n) is 3.77. The zero-order valence-corrected chi connectivity index (χ0v) is 14.8. The number of nitrogens with zero attached hydrogens (tertiary/aromatic N) is 2. The number of carbonyl (C=O) groups is 3. The minimum Gasteiger partial charge on any atom is -0.477 e. The minimum absolute atomic E-state index is 0.112. The van der Waals surface area contributed by atoms with Gasteiger partial charge in [0.15, 0.2) is 0 Å². The number of hydrogen-bond donors (Lipinski definition) is 2. The van der Waals surface area contributed by atoms with Crippen LogP contribution < -0.4 is 5.32 Å². The van der Waals surface area contributed by atoms with Gasteiger partial charge in [0.2, 0.25) is 5.91 Å². The van der Waals surface area contributed by atoms with Crippen LogP contribution in [0.15, 0.2) is 18.3 Å². The first kappa shape index (κ1) is 18.4. The van der Waals surface area contributed by atoms with Crippen LogP contribution in [0.1, 0.15) is 65.8 Å². The third-order valence-corrected chi connectivity index (χ3v) is 5.33. The van der Waals surface area contributed by atoms with Crippen molar-refractivity contribution in [2.45, 2.75) is 51.0 Å². The van der Waals surface area contributed by atoms with E-state index in [-0.39, 0.29) is 29.5 Å². The first-order valence-electron chi connectivity index (χ1n) is 9.33. The molecular weight excluding hydrogens is 334 g/mol. The molecule has 0 bridgehead atoms. The lowest BCUT2D eigenvalue weighted by atomic mass is 9.88. The van der Waals surface area contributed by atoms with Gasteiger partial charge in [-0.25, -0.2) is 9.78 Å². The number of rotatable bonds is 4. The Morgan fingerprint density at radius 3 is 2.42 bits per heavy atom. The van der Waals surface area contributed by atoms with E-state index in [2.05, 4.69) is 10.3 Å². The van der Waals surface area contributed by atoms with Crippen LogP contribution in [0.2, 0.25) is 0 Å².